The van der Waals surface area contributed by atoms with Gasteiger partial charge in [0.25, 0.3) is 0 Å². The molecule has 0 spiro atoms. The highest BCUT2D eigenvalue weighted by Gasteiger charge is 2.10. The zero-order valence-corrected chi connectivity index (χ0v) is 21.2. The van der Waals surface area contributed by atoms with Crippen LogP contribution in [0.4, 0.5) is 0 Å². The summed E-state index contributed by atoms with van der Waals surface area (Å²) in [6.45, 7) is 0.867. The molecule has 0 bridgehead atoms. The Balaban J connectivity index is 1.77. The Labute approximate surface area is 217 Å². The number of oxime groups is 1. The fraction of sp³-hybridized carbons (Fsp3) is 0.227. The molecule has 0 atom stereocenters. The topological polar surface area (TPSA) is 40.0 Å². The van der Waals surface area contributed by atoms with Gasteiger partial charge in [0.15, 0.2) is 5.75 Å². The lowest BCUT2D eigenvalue weighted by atomic mass is 10.1. The van der Waals surface area contributed by atoms with Gasteiger partial charge in [-0.05, 0) is 36.1 Å². The molecule has 172 valence electrons. The Bertz CT molecular complexity index is 930. The Morgan fingerprint density at radius 3 is 2.09 bits per heavy atom. The summed E-state index contributed by atoms with van der Waals surface area (Å²) in [5, 5.41) is 4.57. The molecule has 0 N–H and O–H groups in total. The number of aryl methyl sites for hydroxylation is 1. The van der Waals surface area contributed by atoms with E-state index in [0.717, 1.165) is 24.0 Å². The molecule has 0 heterocycles. The molecule has 0 unspecified atom stereocenters. The Morgan fingerprint density at radius 2 is 1.47 bits per heavy atom. The van der Waals surface area contributed by atoms with Crippen LogP contribution in [-0.4, -0.2) is 26.0 Å². The van der Waals surface area contributed by atoms with Crippen molar-refractivity contribution in [1.29, 1.82) is 0 Å². The van der Waals surface area contributed by atoms with Crippen LogP contribution in [-0.2, 0) is 11.3 Å². The van der Waals surface area contributed by atoms with Crippen molar-refractivity contribution < 1.29 is 14.3 Å². The molecule has 0 aliphatic rings. The van der Waals surface area contributed by atoms with Crippen molar-refractivity contribution in [3.63, 3.8) is 0 Å². The van der Waals surface area contributed by atoms with Gasteiger partial charge in [0.2, 0.25) is 0 Å². The van der Waals surface area contributed by atoms with E-state index in [4.69, 9.17) is 83.9 Å². The molecule has 0 aliphatic carbocycles. The Hall–Kier alpha value is -1.27. The van der Waals surface area contributed by atoms with E-state index < -0.39 is 0 Å². The summed E-state index contributed by atoms with van der Waals surface area (Å²) in [5.74, 6) is 0.912. The summed E-state index contributed by atoms with van der Waals surface area (Å²) in [4.78, 5) is 5.02. The highest BCUT2D eigenvalue weighted by Crippen LogP contribution is 2.37. The van der Waals surface area contributed by atoms with Gasteiger partial charge in [0.05, 0.1) is 22.9 Å². The number of hydrogen-bond donors (Lipinski definition) is 0. The first kappa shape index (κ1) is 27.0. The van der Waals surface area contributed by atoms with Gasteiger partial charge in [-0.25, -0.2) is 0 Å². The lowest BCUT2D eigenvalue weighted by Gasteiger charge is -2.12. The molecular formula is C22H19Cl6NO3. The molecule has 0 saturated heterocycles. The van der Waals surface area contributed by atoms with Crippen molar-refractivity contribution in [1.82, 2.24) is 0 Å². The Morgan fingerprint density at radius 1 is 0.844 bits per heavy atom. The van der Waals surface area contributed by atoms with Crippen LogP contribution < -0.4 is 9.47 Å². The van der Waals surface area contributed by atoms with Crippen LogP contribution in [0.5, 0.6) is 11.5 Å². The maximum atomic E-state index is 6.27. The fourth-order valence-corrected chi connectivity index (χ4v) is 3.25. The number of benzene rings is 2. The van der Waals surface area contributed by atoms with E-state index in [1.165, 1.54) is 12.2 Å². The van der Waals surface area contributed by atoms with Crippen molar-refractivity contribution in [3.05, 3.63) is 78.7 Å². The number of halogens is 6. The van der Waals surface area contributed by atoms with Crippen molar-refractivity contribution in [3.8, 4) is 11.5 Å². The van der Waals surface area contributed by atoms with Gasteiger partial charge in [0.1, 0.15) is 27.9 Å². The molecular weight excluding hydrogens is 539 g/mol. The third kappa shape index (κ3) is 10.6. The lowest BCUT2D eigenvalue weighted by molar-refractivity contribution is 0.176. The predicted octanol–water partition coefficient (Wildman–Crippen LogP) is 8.37. The summed E-state index contributed by atoms with van der Waals surface area (Å²) >= 11 is 34.6. The predicted molar refractivity (Wildman–Crippen MR) is 135 cm³/mol. The first-order chi connectivity index (χ1) is 15.3. The van der Waals surface area contributed by atoms with Crippen LogP contribution in [0.1, 0.15) is 17.5 Å². The molecule has 0 amide bonds. The van der Waals surface area contributed by atoms with Crippen molar-refractivity contribution in [2.75, 3.05) is 19.8 Å². The third-order valence-corrected chi connectivity index (χ3v) is 5.06. The van der Waals surface area contributed by atoms with Crippen LogP contribution in [0, 0.1) is 0 Å². The second kappa shape index (κ2) is 14.8. The Kier molecular flexibility index (Phi) is 12.5. The zero-order chi connectivity index (χ0) is 23.3. The minimum atomic E-state index is 0.125. The lowest BCUT2D eigenvalue weighted by Crippen LogP contribution is -2.01. The van der Waals surface area contributed by atoms with Gasteiger partial charge < -0.3 is 14.3 Å². The maximum absolute atomic E-state index is 6.27. The minimum absolute atomic E-state index is 0.125. The highest BCUT2D eigenvalue weighted by atomic mass is 35.5. The molecule has 2 rings (SSSR count). The van der Waals surface area contributed by atoms with E-state index in [2.05, 4.69) is 5.16 Å². The van der Waals surface area contributed by atoms with Crippen molar-refractivity contribution in [2.45, 2.75) is 12.8 Å². The molecule has 0 radical (unpaired) electrons. The van der Waals surface area contributed by atoms with Crippen LogP contribution in [0.25, 0.3) is 0 Å². The second-order valence-corrected chi connectivity index (χ2v) is 9.07. The van der Waals surface area contributed by atoms with E-state index in [1.54, 1.807) is 18.3 Å². The zero-order valence-electron chi connectivity index (χ0n) is 16.7. The monoisotopic (exact) mass is 555 g/mol. The van der Waals surface area contributed by atoms with Crippen molar-refractivity contribution >= 4 is 75.8 Å². The minimum Gasteiger partial charge on any atom is -0.490 e. The standard InChI is InChI=1S/C22H19Cl6NO3/c23-18-12-17(30-10-7-20(25)26)13-19(24)22(18)31-9-1-2-15-3-5-16(6-4-15)14-29-32-11-8-21(27)28/h3-8,12-14H,1-2,9-11H2. The van der Waals surface area contributed by atoms with Gasteiger partial charge in [0, 0.05) is 12.1 Å². The molecule has 10 heteroatoms. The largest absolute Gasteiger partial charge is 0.490 e. The maximum Gasteiger partial charge on any atom is 0.156 e. The average Bonchev–Trinajstić information content (AvgIpc) is 2.73. The number of rotatable bonds is 12. The van der Waals surface area contributed by atoms with Gasteiger partial charge in [-0.3, -0.25) is 0 Å². The van der Waals surface area contributed by atoms with Gasteiger partial charge in [-0.2, -0.15) is 0 Å². The summed E-state index contributed by atoms with van der Waals surface area (Å²) < 4.78 is 11.5. The first-order valence-corrected chi connectivity index (χ1v) is 11.6. The van der Waals surface area contributed by atoms with E-state index in [1.807, 2.05) is 24.3 Å². The number of nitrogens with zero attached hydrogens (tertiary/aromatic N) is 1. The molecule has 32 heavy (non-hydrogen) atoms. The summed E-state index contributed by atoms with van der Waals surface area (Å²) in [5.41, 5.74) is 2.08. The molecule has 0 saturated carbocycles. The molecule has 0 aromatic heterocycles. The molecule has 0 aliphatic heterocycles. The van der Waals surface area contributed by atoms with E-state index in [9.17, 15) is 0 Å². The van der Waals surface area contributed by atoms with Crippen LogP contribution in [0.3, 0.4) is 0 Å². The van der Waals surface area contributed by atoms with Crippen LogP contribution in [0.2, 0.25) is 10.0 Å². The summed E-state index contributed by atoms with van der Waals surface area (Å²) in [6.07, 6.45) is 6.24. The summed E-state index contributed by atoms with van der Waals surface area (Å²) in [6, 6.07) is 11.2. The fourth-order valence-electron chi connectivity index (χ4n) is 2.42. The molecule has 4 nitrogen and oxygen atoms in total. The van der Waals surface area contributed by atoms with E-state index in [0.29, 0.717) is 28.2 Å². The van der Waals surface area contributed by atoms with Gasteiger partial charge in [-0.1, -0.05) is 99.0 Å². The van der Waals surface area contributed by atoms with Gasteiger partial charge in [-0.15, -0.1) is 0 Å². The van der Waals surface area contributed by atoms with E-state index >= 15 is 0 Å². The SMILES string of the molecule is ClC(Cl)=CCON=Cc1ccc(CCCOc2c(Cl)cc(OCC=C(Cl)Cl)cc2Cl)cc1. The molecule has 0 fully saturated rings. The quantitative estimate of drug-likeness (QED) is 0.149. The second-order valence-electron chi connectivity index (χ2n) is 6.24. The molecule has 2 aromatic rings. The number of ether oxygens (including phenoxy) is 2. The smallest absolute Gasteiger partial charge is 0.156 e. The van der Waals surface area contributed by atoms with Crippen LogP contribution >= 0.6 is 69.6 Å². The number of hydrogen-bond acceptors (Lipinski definition) is 4. The van der Waals surface area contributed by atoms with Crippen molar-refractivity contribution in [2.24, 2.45) is 5.16 Å². The third-order valence-electron chi connectivity index (χ3n) is 3.88. The summed E-state index contributed by atoms with van der Waals surface area (Å²) in [7, 11) is 0. The van der Waals surface area contributed by atoms with E-state index in [-0.39, 0.29) is 22.2 Å². The average molecular weight is 558 g/mol. The highest BCUT2D eigenvalue weighted by molar-refractivity contribution is 6.56. The van der Waals surface area contributed by atoms with Crippen LogP contribution in [0.15, 0.2) is 62.7 Å². The molecule has 2 aromatic carbocycles. The van der Waals surface area contributed by atoms with Gasteiger partial charge >= 0.3 is 0 Å². The first-order valence-electron chi connectivity index (χ1n) is 9.36. The normalized spacial score (nSPS) is 10.7.